The van der Waals surface area contributed by atoms with E-state index >= 15 is 0 Å². The first-order valence-corrected chi connectivity index (χ1v) is 5.54. The molecule has 0 unspecified atom stereocenters. The van der Waals surface area contributed by atoms with Gasteiger partial charge in [0.2, 0.25) is 0 Å². The summed E-state index contributed by atoms with van der Waals surface area (Å²) in [5.74, 6) is -0.0708. The molecule has 2 atom stereocenters. The van der Waals surface area contributed by atoms with E-state index in [1.165, 1.54) is 12.1 Å². The molecule has 2 N–H and O–H groups in total. The van der Waals surface area contributed by atoms with Crippen LogP contribution in [-0.2, 0) is 6.18 Å². The molecule has 0 aromatic heterocycles. The molecule has 5 heteroatoms. The predicted octanol–water partition coefficient (Wildman–Crippen LogP) is 2.14. The first-order chi connectivity index (χ1) is 7.98. The molecule has 94 valence electrons. The number of alkyl halides is 3. The summed E-state index contributed by atoms with van der Waals surface area (Å²) in [6.07, 6.45) is -4.09. The largest absolute Gasteiger partial charge is 0.416 e. The molecule has 1 aromatic rings. The summed E-state index contributed by atoms with van der Waals surface area (Å²) >= 11 is 0. The minimum Gasteiger partial charge on any atom is -0.391 e. The summed E-state index contributed by atoms with van der Waals surface area (Å²) < 4.78 is 37.1. The highest BCUT2D eigenvalue weighted by Crippen LogP contribution is 2.32. The average molecular weight is 245 g/mol. The van der Waals surface area contributed by atoms with Crippen molar-refractivity contribution in [3.05, 3.63) is 35.4 Å². The van der Waals surface area contributed by atoms with Crippen LogP contribution in [0.15, 0.2) is 24.3 Å². The minimum absolute atomic E-state index is 0.0708. The standard InChI is InChI=1S/C12H14F3NO/c13-12(14,15)9-3-1-8(2-4-9)10-5-6-16-7-11(10)17/h1-4,10-11,16-17H,5-7H2/t10-,11+/m0/s1. The molecule has 1 aliphatic rings. The van der Waals surface area contributed by atoms with E-state index in [4.69, 9.17) is 0 Å². The molecule has 2 rings (SSSR count). The number of piperidine rings is 1. The van der Waals surface area contributed by atoms with E-state index in [0.29, 0.717) is 6.54 Å². The van der Waals surface area contributed by atoms with Crippen LogP contribution in [0.2, 0.25) is 0 Å². The van der Waals surface area contributed by atoms with Gasteiger partial charge in [-0.3, -0.25) is 0 Å². The average Bonchev–Trinajstić information content (AvgIpc) is 2.29. The van der Waals surface area contributed by atoms with Crippen molar-refractivity contribution in [3.63, 3.8) is 0 Å². The molecule has 0 saturated carbocycles. The monoisotopic (exact) mass is 245 g/mol. The number of aliphatic hydroxyl groups is 1. The first kappa shape index (κ1) is 12.4. The van der Waals surface area contributed by atoms with Crippen molar-refractivity contribution < 1.29 is 18.3 Å². The summed E-state index contributed by atoms with van der Waals surface area (Å²) in [5, 5.41) is 12.8. The van der Waals surface area contributed by atoms with E-state index in [1.807, 2.05) is 0 Å². The number of rotatable bonds is 1. The third-order valence-electron chi connectivity index (χ3n) is 3.12. The highest BCUT2D eigenvalue weighted by atomic mass is 19.4. The van der Waals surface area contributed by atoms with Crippen LogP contribution in [0.1, 0.15) is 23.5 Å². The van der Waals surface area contributed by atoms with E-state index in [9.17, 15) is 18.3 Å². The number of hydrogen-bond donors (Lipinski definition) is 2. The fourth-order valence-electron chi connectivity index (χ4n) is 2.15. The molecule has 1 saturated heterocycles. The van der Waals surface area contributed by atoms with Gasteiger partial charge in [0.05, 0.1) is 11.7 Å². The number of nitrogens with one attached hydrogen (secondary N) is 1. The maximum Gasteiger partial charge on any atom is 0.416 e. The number of halogens is 3. The highest BCUT2D eigenvalue weighted by molar-refractivity contribution is 5.28. The Morgan fingerprint density at radius 2 is 1.82 bits per heavy atom. The lowest BCUT2D eigenvalue weighted by atomic mass is 9.87. The van der Waals surface area contributed by atoms with Crippen LogP contribution in [0.5, 0.6) is 0 Å². The molecule has 0 amide bonds. The lowest BCUT2D eigenvalue weighted by Gasteiger charge is -2.28. The van der Waals surface area contributed by atoms with Crippen LogP contribution in [0, 0.1) is 0 Å². The third-order valence-corrected chi connectivity index (χ3v) is 3.12. The topological polar surface area (TPSA) is 32.3 Å². The fourth-order valence-corrected chi connectivity index (χ4v) is 2.15. The van der Waals surface area contributed by atoms with Crippen molar-refractivity contribution in [2.75, 3.05) is 13.1 Å². The third kappa shape index (κ3) is 2.79. The van der Waals surface area contributed by atoms with Gasteiger partial charge >= 0.3 is 6.18 Å². The minimum atomic E-state index is -4.30. The number of aliphatic hydroxyl groups excluding tert-OH is 1. The number of hydrogen-bond acceptors (Lipinski definition) is 2. The van der Waals surface area contributed by atoms with E-state index in [0.717, 1.165) is 30.7 Å². The Morgan fingerprint density at radius 1 is 1.18 bits per heavy atom. The van der Waals surface area contributed by atoms with Gasteiger partial charge in [0.1, 0.15) is 0 Å². The molecule has 1 fully saturated rings. The lowest BCUT2D eigenvalue weighted by Crippen LogP contribution is -2.39. The highest BCUT2D eigenvalue weighted by Gasteiger charge is 2.31. The van der Waals surface area contributed by atoms with Crippen LogP contribution in [0.4, 0.5) is 13.2 Å². The Morgan fingerprint density at radius 3 is 2.35 bits per heavy atom. The predicted molar refractivity (Wildman–Crippen MR) is 57.7 cm³/mol. The summed E-state index contributed by atoms with van der Waals surface area (Å²) in [4.78, 5) is 0. The van der Waals surface area contributed by atoms with E-state index in [2.05, 4.69) is 5.32 Å². The van der Waals surface area contributed by atoms with Crippen LogP contribution in [0.25, 0.3) is 0 Å². The molecular weight excluding hydrogens is 231 g/mol. The van der Waals surface area contributed by atoms with E-state index in [1.54, 1.807) is 0 Å². The molecule has 2 nitrogen and oxygen atoms in total. The van der Waals surface area contributed by atoms with Gasteiger partial charge in [-0.2, -0.15) is 13.2 Å². The molecule has 0 bridgehead atoms. The van der Waals surface area contributed by atoms with Crippen molar-refractivity contribution in [2.45, 2.75) is 24.6 Å². The van der Waals surface area contributed by atoms with Gasteiger partial charge in [0.25, 0.3) is 0 Å². The molecule has 1 aliphatic heterocycles. The normalized spacial score (nSPS) is 25.9. The molecule has 0 aliphatic carbocycles. The zero-order valence-corrected chi connectivity index (χ0v) is 9.17. The van der Waals surface area contributed by atoms with E-state index in [-0.39, 0.29) is 5.92 Å². The molecule has 1 heterocycles. The Kier molecular flexibility index (Phi) is 3.40. The zero-order valence-electron chi connectivity index (χ0n) is 9.17. The van der Waals surface area contributed by atoms with Crippen LogP contribution in [0.3, 0.4) is 0 Å². The van der Waals surface area contributed by atoms with Crippen molar-refractivity contribution >= 4 is 0 Å². The quantitative estimate of drug-likeness (QED) is 0.794. The van der Waals surface area contributed by atoms with Crippen molar-refractivity contribution in [3.8, 4) is 0 Å². The van der Waals surface area contributed by atoms with Gasteiger partial charge in [-0.15, -0.1) is 0 Å². The number of β-amino-alcohol motifs (C(OH)–C–C–N with tert-alkyl or cyclic N) is 1. The van der Waals surface area contributed by atoms with Gasteiger partial charge in [-0.1, -0.05) is 12.1 Å². The second-order valence-corrected chi connectivity index (χ2v) is 4.29. The second kappa shape index (κ2) is 4.66. The number of benzene rings is 1. The summed E-state index contributed by atoms with van der Waals surface area (Å²) in [6.45, 7) is 1.27. The summed E-state index contributed by atoms with van der Waals surface area (Å²) in [6, 6.07) is 5.07. The Balaban J connectivity index is 2.17. The van der Waals surface area contributed by atoms with Crippen molar-refractivity contribution in [2.24, 2.45) is 0 Å². The molecule has 0 spiro atoms. The fraction of sp³-hybridized carbons (Fsp3) is 0.500. The lowest BCUT2D eigenvalue weighted by molar-refractivity contribution is -0.137. The van der Waals surface area contributed by atoms with Crippen LogP contribution >= 0.6 is 0 Å². The Bertz CT molecular complexity index is 374. The zero-order chi connectivity index (χ0) is 12.5. The molecule has 1 aromatic carbocycles. The van der Waals surface area contributed by atoms with Gasteiger partial charge in [0, 0.05) is 12.5 Å². The Labute approximate surface area is 97.5 Å². The van der Waals surface area contributed by atoms with Gasteiger partial charge < -0.3 is 10.4 Å². The maximum absolute atomic E-state index is 12.4. The van der Waals surface area contributed by atoms with E-state index < -0.39 is 17.8 Å². The van der Waals surface area contributed by atoms with Gasteiger partial charge in [-0.25, -0.2) is 0 Å². The van der Waals surface area contributed by atoms with Gasteiger partial charge in [-0.05, 0) is 30.7 Å². The summed E-state index contributed by atoms with van der Waals surface area (Å²) in [7, 11) is 0. The Hall–Kier alpha value is -1.07. The molecule has 17 heavy (non-hydrogen) atoms. The van der Waals surface area contributed by atoms with Crippen molar-refractivity contribution in [1.29, 1.82) is 0 Å². The van der Waals surface area contributed by atoms with Gasteiger partial charge in [0.15, 0.2) is 0 Å². The second-order valence-electron chi connectivity index (χ2n) is 4.29. The molecular formula is C12H14F3NO. The molecule has 0 radical (unpaired) electrons. The summed E-state index contributed by atoms with van der Waals surface area (Å²) in [5.41, 5.74) is 0.122. The first-order valence-electron chi connectivity index (χ1n) is 5.54. The SMILES string of the molecule is O[C@@H]1CNCC[C@H]1c1ccc(C(F)(F)F)cc1. The maximum atomic E-state index is 12.4. The van der Waals surface area contributed by atoms with Crippen LogP contribution in [-0.4, -0.2) is 24.3 Å². The van der Waals surface area contributed by atoms with Crippen molar-refractivity contribution in [1.82, 2.24) is 5.32 Å². The van der Waals surface area contributed by atoms with Crippen LogP contribution < -0.4 is 5.32 Å². The smallest absolute Gasteiger partial charge is 0.391 e.